The summed E-state index contributed by atoms with van der Waals surface area (Å²) in [6.07, 6.45) is 0. The SMILES string of the molecule is Cc1ccc(C)c(S(=O)(=O)N(C)c2ccc(CN)cc2)c1. The lowest BCUT2D eigenvalue weighted by atomic mass is 10.2. The monoisotopic (exact) mass is 304 g/mol. The van der Waals surface area contributed by atoms with Crippen LogP contribution in [0.5, 0.6) is 0 Å². The van der Waals surface area contributed by atoms with Crippen molar-refractivity contribution < 1.29 is 8.42 Å². The van der Waals surface area contributed by atoms with Crippen LogP contribution in [-0.4, -0.2) is 15.5 Å². The normalized spacial score (nSPS) is 11.4. The molecule has 0 spiro atoms. The maximum atomic E-state index is 12.8. The van der Waals surface area contributed by atoms with Crippen LogP contribution in [0.15, 0.2) is 47.4 Å². The van der Waals surface area contributed by atoms with Gasteiger partial charge in [-0.15, -0.1) is 0 Å². The van der Waals surface area contributed by atoms with Gasteiger partial charge < -0.3 is 5.73 Å². The second kappa shape index (κ2) is 5.87. The van der Waals surface area contributed by atoms with Crippen LogP contribution in [-0.2, 0) is 16.6 Å². The Labute approximate surface area is 126 Å². The molecule has 0 aliphatic rings. The highest BCUT2D eigenvalue weighted by molar-refractivity contribution is 7.92. The molecule has 2 aromatic rings. The Balaban J connectivity index is 2.44. The molecule has 5 heteroatoms. The van der Waals surface area contributed by atoms with Crippen LogP contribution < -0.4 is 10.0 Å². The molecule has 0 saturated heterocycles. The van der Waals surface area contributed by atoms with Crippen molar-refractivity contribution in [2.45, 2.75) is 25.3 Å². The second-order valence-electron chi connectivity index (χ2n) is 5.11. The van der Waals surface area contributed by atoms with Gasteiger partial charge in [-0.1, -0.05) is 24.3 Å². The molecule has 2 rings (SSSR count). The Morgan fingerprint density at radius 2 is 1.67 bits per heavy atom. The third-order valence-electron chi connectivity index (χ3n) is 3.52. The first-order valence-corrected chi connectivity index (χ1v) is 8.15. The van der Waals surface area contributed by atoms with Crippen LogP contribution in [0.3, 0.4) is 0 Å². The average Bonchev–Trinajstić information content (AvgIpc) is 2.49. The van der Waals surface area contributed by atoms with Crippen molar-refractivity contribution in [3.63, 3.8) is 0 Å². The first kappa shape index (κ1) is 15.5. The van der Waals surface area contributed by atoms with Crippen molar-refractivity contribution in [2.75, 3.05) is 11.4 Å². The molecule has 4 nitrogen and oxygen atoms in total. The van der Waals surface area contributed by atoms with Gasteiger partial charge >= 0.3 is 0 Å². The fraction of sp³-hybridized carbons (Fsp3) is 0.250. The molecule has 0 aliphatic heterocycles. The number of aryl methyl sites for hydroxylation is 2. The van der Waals surface area contributed by atoms with Gasteiger partial charge in [-0.2, -0.15) is 0 Å². The molecule has 0 saturated carbocycles. The van der Waals surface area contributed by atoms with Gasteiger partial charge in [0.1, 0.15) is 0 Å². The van der Waals surface area contributed by atoms with Gasteiger partial charge in [-0.25, -0.2) is 8.42 Å². The van der Waals surface area contributed by atoms with Crippen molar-refractivity contribution in [3.8, 4) is 0 Å². The molecule has 21 heavy (non-hydrogen) atoms. The fourth-order valence-corrected chi connectivity index (χ4v) is 3.62. The van der Waals surface area contributed by atoms with E-state index in [0.29, 0.717) is 17.1 Å². The minimum absolute atomic E-state index is 0.341. The van der Waals surface area contributed by atoms with Gasteiger partial charge in [-0.3, -0.25) is 4.31 Å². The predicted molar refractivity (Wildman–Crippen MR) is 85.8 cm³/mol. The lowest BCUT2D eigenvalue weighted by Gasteiger charge is -2.21. The topological polar surface area (TPSA) is 63.4 Å². The third kappa shape index (κ3) is 3.09. The Kier molecular flexibility index (Phi) is 4.34. The van der Waals surface area contributed by atoms with Crippen LogP contribution >= 0.6 is 0 Å². The van der Waals surface area contributed by atoms with Crippen LogP contribution in [0.1, 0.15) is 16.7 Å². The zero-order chi connectivity index (χ0) is 15.6. The molecular weight excluding hydrogens is 284 g/mol. The molecule has 0 fully saturated rings. The molecule has 0 radical (unpaired) electrons. The highest BCUT2D eigenvalue weighted by atomic mass is 32.2. The summed E-state index contributed by atoms with van der Waals surface area (Å²) in [5.41, 5.74) is 8.81. The van der Waals surface area contributed by atoms with Gasteiger partial charge in [-0.05, 0) is 48.7 Å². The molecule has 0 aromatic heterocycles. The van der Waals surface area contributed by atoms with E-state index in [1.54, 1.807) is 32.2 Å². The largest absolute Gasteiger partial charge is 0.326 e. The summed E-state index contributed by atoms with van der Waals surface area (Å²) in [7, 11) is -2.00. The number of rotatable bonds is 4. The molecule has 0 unspecified atom stereocenters. The summed E-state index contributed by atoms with van der Waals surface area (Å²) < 4.78 is 26.8. The summed E-state index contributed by atoms with van der Waals surface area (Å²) in [5, 5.41) is 0. The first-order chi connectivity index (χ1) is 9.86. The number of sulfonamides is 1. The lowest BCUT2D eigenvalue weighted by Crippen LogP contribution is -2.27. The number of hydrogen-bond donors (Lipinski definition) is 1. The van der Waals surface area contributed by atoms with E-state index < -0.39 is 10.0 Å². The minimum Gasteiger partial charge on any atom is -0.326 e. The molecular formula is C16H20N2O2S. The minimum atomic E-state index is -3.56. The maximum absolute atomic E-state index is 12.8. The first-order valence-electron chi connectivity index (χ1n) is 6.71. The maximum Gasteiger partial charge on any atom is 0.264 e. The molecule has 0 aliphatic carbocycles. The van der Waals surface area contributed by atoms with Crippen LogP contribution in [0.25, 0.3) is 0 Å². The molecule has 2 N–H and O–H groups in total. The van der Waals surface area contributed by atoms with E-state index in [1.165, 1.54) is 4.31 Å². The standard InChI is InChI=1S/C16H20N2O2S/c1-12-4-5-13(2)16(10-12)21(19,20)18(3)15-8-6-14(11-17)7-9-15/h4-10H,11,17H2,1-3H3. The average molecular weight is 304 g/mol. The summed E-state index contributed by atoms with van der Waals surface area (Å²) in [5.74, 6) is 0. The Morgan fingerprint density at radius 3 is 2.24 bits per heavy atom. The molecule has 112 valence electrons. The van der Waals surface area contributed by atoms with Crippen LogP contribution in [0, 0.1) is 13.8 Å². The Hall–Kier alpha value is -1.85. The zero-order valence-corrected chi connectivity index (χ0v) is 13.3. The fourth-order valence-electron chi connectivity index (χ4n) is 2.11. The van der Waals surface area contributed by atoms with Crippen molar-refractivity contribution in [1.29, 1.82) is 0 Å². The summed E-state index contributed by atoms with van der Waals surface area (Å²) >= 11 is 0. The number of nitrogens with zero attached hydrogens (tertiary/aromatic N) is 1. The summed E-state index contributed by atoms with van der Waals surface area (Å²) in [4.78, 5) is 0.341. The van der Waals surface area contributed by atoms with Gasteiger partial charge in [0.15, 0.2) is 0 Å². The van der Waals surface area contributed by atoms with Crippen molar-refractivity contribution in [1.82, 2.24) is 0 Å². The quantitative estimate of drug-likeness (QED) is 0.944. The summed E-state index contributed by atoms with van der Waals surface area (Å²) in [6.45, 7) is 4.12. The lowest BCUT2D eigenvalue weighted by molar-refractivity contribution is 0.593. The molecule has 0 atom stereocenters. The summed E-state index contributed by atoms with van der Waals surface area (Å²) in [6, 6.07) is 12.7. The predicted octanol–water partition coefficient (Wildman–Crippen LogP) is 2.59. The molecule has 2 aromatic carbocycles. The van der Waals surface area contributed by atoms with Crippen molar-refractivity contribution in [2.24, 2.45) is 5.73 Å². The van der Waals surface area contributed by atoms with E-state index >= 15 is 0 Å². The van der Waals surface area contributed by atoms with E-state index in [4.69, 9.17) is 5.73 Å². The van der Waals surface area contributed by atoms with Crippen LogP contribution in [0.2, 0.25) is 0 Å². The number of nitrogens with two attached hydrogens (primary N) is 1. The van der Waals surface area contributed by atoms with E-state index in [9.17, 15) is 8.42 Å². The van der Waals surface area contributed by atoms with Gasteiger partial charge in [0, 0.05) is 13.6 Å². The zero-order valence-electron chi connectivity index (χ0n) is 12.5. The van der Waals surface area contributed by atoms with E-state index in [0.717, 1.165) is 16.7 Å². The Bertz CT molecular complexity index is 737. The molecule has 0 heterocycles. The molecule has 0 amide bonds. The number of anilines is 1. The second-order valence-corrected chi connectivity index (χ2v) is 7.05. The van der Waals surface area contributed by atoms with Crippen molar-refractivity contribution in [3.05, 3.63) is 59.2 Å². The number of benzene rings is 2. The van der Waals surface area contributed by atoms with Gasteiger partial charge in [0.05, 0.1) is 10.6 Å². The van der Waals surface area contributed by atoms with Crippen molar-refractivity contribution >= 4 is 15.7 Å². The highest BCUT2D eigenvalue weighted by Crippen LogP contribution is 2.25. The van der Waals surface area contributed by atoms with E-state index in [1.807, 2.05) is 31.2 Å². The van der Waals surface area contributed by atoms with Gasteiger partial charge in [0.2, 0.25) is 0 Å². The highest BCUT2D eigenvalue weighted by Gasteiger charge is 2.23. The molecule has 0 bridgehead atoms. The third-order valence-corrected chi connectivity index (χ3v) is 5.45. The number of hydrogen-bond acceptors (Lipinski definition) is 3. The smallest absolute Gasteiger partial charge is 0.264 e. The van der Waals surface area contributed by atoms with E-state index in [2.05, 4.69) is 0 Å². The van der Waals surface area contributed by atoms with Crippen LogP contribution in [0.4, 0.5) is 5.69 Å². The Morgan fingerprint density at radius 1 is 1.05 bits per heavy atom. The van der Waals surface area contributed by atoms with Gasteiger partial charge in [0.25, 0.3) is 10.0 Å². The van der Waals surface area contributed by atoms with E-state index in [-0.39, 0.29) is 0 Å².